The second-order valence-corrected chi connectivity index (χ2v) is 12.0. The topological polar surface area (TPSA) is 32.7 Å². The van der Waals surface area contributed by atoms with Crippen LogP contribution >= 0.6 is 11.6 Å². The van der Waals surface area contributed by atoms with Crippen LogP contribution in [0, 0.1) is 17.3 Å². The van der Waals surface area contributed by atoms with Crippen LogP contribution in [-0.4, -0.2) is 36.2 Å². The number of benzene rings is 2. The van der Waals surface area contributed by atoms with Crippen LogP contribution in [0.25, 0.3) is 0 Å². The first-order valence-electron chi connectivity index (χ1n) is 13.7. The summed E-state index contributed by atoms with van der Waals surface area (Å²) in [7, 11) is 0. The van der Waals surface area contributed by atoms with Crippen molar-refractivity contribution in [2.75, 3.05) is 26.2 Å². The number of fused-ring (bicyclic) bond motifs is 5. The molecule has 4 heteroatoms. The fraction of sp³-hybridized carbons (Fsp3) is 0.548. The number of hydrogen-bond acceptors (Lipinski definition) is 3. The SMILES string of the molecule is C[C@]12C[C@H](c3ccc(OCCN4CCCCC4)cc3)[C@@H]3c4ccc(O)cc4CC[C@H]3[C@@H]1CC=C2Cl. The summed E-state index contributed by atoms with van der Waals surface area (Å²) in [6.45, 7) is 6.59. The molecule has 1 aliphatic heterocycles. The number of ether oxygens (including phenoxy) is 1. The minimum Gasteiger partial charge on any atom is -0.508 e. The lowest BCUT2D eigenvalue weighted by atomic mass is 9.51. The molecule has 2 aromatic rings. The molecule has 0 unspecified atom stereocenters. The number of hydrogen-bond donors (Lipinski definition) is 1. The highest BCUT2D eigenvalue weighted by Crippen LogP contribution is 2.65. The van der Waals surface area contributed by atoms with Crippen LogP contribution in [0.1, 0.15) is 74.0 Å². The van der Waals surface area contributed by atoms with Crippen LogP contribution in [0.15, 0.2) is 53.6 Å². The molecule has 6 rings (SSSR count). The van der Waals surface area contributed by atoms with Gasteiger partial charge in [-0.25, -0.2) is 0 Å². The lowest BCUT2D eigenvalue weighted by Gasteiger charge is -2.53. The van der Waals surface area contributed by atoms with Crippen molar-refractivity contribution in [3.8, 4) is 11.5 Å². The molecule has 0 aromatic heterocycles. The number of allylic oxidation sites excluding steroid dienone is 2. The van der Waals surface area contributed by atoms with E-state index in [9.17, 15) is 5.11 Å². The van der Waals surface area contributed by atoms with Gasteiger partial charge in [-0.2, -0.15) is 0 Å². The van der Waals surface area contributed by atoms with Crippen LogP contribution < -0.4 is 4.74 Å². The fourth-order valence-electron chi connectivity index (χ4n) is 7.83. The molecule has 1 saturated heterocycles. The van der Waals surface area contributed by atoms with Gasteiger partial charge < -0.3 is 9.84 Å². The third-order valence-electron chi connectivity index (χ3n) is 9.64. The van der Waals surface area contributed by atoms with Gasteiger partial charge in [-0.1, -0.05) is 49.2 Å². The monoisotopic (exact) mass is 491 g/mol. The molecule has 3 nitrogen and oxygen atoms in total. The molecule has 5 atom stereocenters. The van der Waals surface area contributed by atoms with Crippen molar-refractivity contribution in [1.82, 2.24) is 4.90 Å². The Morgan fingerprint density at radius 2 is 1.89 bits per heavy atom. The summed E-state index contributed by atoms with van der Waals surface area (Å²) in [5.41, 5.74) is 4.22. The van der Waals surface area contributed by atoms with E-state index in [1.54, 1.807) is 0 Å². The van der Waals surface area contributed by atoms with Crippen molar-refractivity contribution in [2.24, 2.45) is 17.3 Å². The first kappa shape index (κ1) is 23.4. The lowest BCUT2D eigenvalue weighted by molar-refractivity contribution is 0.0621. The van der Waals surface area contributed by atoms with Gasteiger partial charge in [0.15, 0.2) is 0 Å². The van der Waals surface area contributed by atoms with Crippen molar-refractivity contribution in [3.05, 3.63) is 70.3 Å². The Hall–Kier alpha value is -1.97. The molecule has 1 N–H and O–H groups in total. The Kier molecular flexibility index (Phi) is 6.35. The summed E-state index contributed by atoms with van der Waals surface area (Å²) >= 11 is 6.88. The highest BCUT2D eigenvalue weighted by molar-refractivity contribution is 6.30. The molecule has 0 amide bonds. The lowest BCUT2D eigenvalue weighted by Crippen LogP contribution is -2.44. The van der Waals surface area contributed by atoms with Gasteiger partial charge in [0.2, 0.25) is 0 Å². The molecule has 2 aromatic carbocycles. The minimum absolute atomic E-state index is 0.0609. The summed E-state index contributed by atoms with van der Waals surface area (Å²) in [5, 5.41) is 11.2. The zero-order chi connectivity index (χ0) is 24.0. The second kappa shape index (κ2) is 9.48. The third-order valence-corrected chi connectivity index (χ3v) is 10.2. The number of phenols is 1. The number of aryl methyl sites for hydroxylation is 1. The molecule has 1 heterocycles. The second-order valence-electron chi connectivity index (χ2n) is 11.6. The maximum absolute atomic E-state index is 10.1. The Morgan fingerprint density at radius 3 is 2.69 bits per heavy atom. The van der Waals surface area contributed by atoms with Gasteiger partial charge in [-0.15, -0.1) is 0 Å². The highest BCUT2D eigenvalue weighted by atomic mass is 35.5. The van der Waals surface area contributed by atoms with Crippen LogP contribution in [0.2, 0.25) is 0 Å². The molecule has 0 bridgehead atoms. The van der Waals surface area contributed by atoms with E-state index < -0.39 is 0 Å². The normalized spacial score (nSPS) is 32.3. The molecule has 2 fully saturated rings. The van der Waals surface area contributed by atoms with Gasteiger partial charge in [0, 0.05) is 17.0 Å². The molecule has 0 radical (unpaired) electrons. The Morgan fingerprint density at radius 1 is 1.09 bits per heavy atom. The van der Waals surface area contributed by atoms with Crippen molar-refractivity contribution >= 4 is 11.6 Å². The smallest absolute Gasteiger partial charge is 0.119 e. The Bertz CT molecular complexity index is 1090. The van der Waals surface area contributed by atoms with Crippen molar-refractivity contribution in [1.29, 1.82) is 0 Å². The van der Waals surface area contributed by atoms with Gasteiger partial charge in [0.1, 0.15) is 18.1 Å². The van der Waals surface area contributed by atoms with Crippen LogP contribution in [0.4, 0.5) is 0 Å². The van der Waals surface area contributed by atoms with E-state index in [1.165, 1.54) is 55.5 Å². The number of likely N-dealkylation sites (tertiary alicyclic amines) is 1. The molecule has 3 aliphatic carbocycles. The van der Waals surface area contributed by atoms with Gasteiger partial charge in [0.25, 0.3) is 0 Å². The van der Waals surface area contributed by atoms with Gasteiger partial charge in [-0.05, 0) is 116 Å². The van der Waals surface area contributed by atoms with Crippen LogP contribution in [0.3, 0.4) is 0 Å². The molecular weight excluding hydrogens is 454 g/mol. The number of phenolic OH excluding ortho intramolecular Hbond substituents is 1. The summed E-state index contributed by atoms with van der Waals surface area (Å²) in [6, 6.07) is 15.0. The average Bonchev–Trinajstić information content (AvgIpc) is 3.18. The summed E-state index contributed by atoms with van der Waals surface area (Å²) in [5.74, 6) is 3.46. The zero-order valence-electron chi connectivity index (χ0n) is 20.9. The first-order valence-corrected chi connectivity index (χ1v) is 14.0. The van der Waals surface area contributed by atoms with E-state index >= 15 is 0 Å². The predicted octanol–water partition coefficient (Wildman–Crippen LogP) is 7.24. The van der Waals surface area contributed by atoms with E-state index in [0.29, 0.717) is 29.4 Å². The van der Waals surface area contributed by atoms with Crippen LogP contribution in [0.5, 0.6) is 11.5 Å². The molecule has 4 aliphatic rings. The Balaban J connectivity index is 1.25. The average molecular weight is 492 g/mol. The van der Waals surface area contributed by atoms with Crippen molar-refractivity contribution < 1.29 is 9.84 Å². The zero-order valence-corrected chi connectivity index (χ0v) is 21.6. The van der Waals surface area contributed by atoms with E-state index in [0.717, 1.165) is 43.2 Å². The number of nitrogens with zero attached hydrogens (tertiary/aromatic N) is 1. The maximum Gasteiger partial charge on any atom is 0.119 e. The highest BCUT2D eigenvalue weighted by Gasteiger charge is 2.55. The van der Waals surface area contributed by atoms with Gasteiger partial charge in [-0.3, -0.25) is 4.90 Å². The molecule has 1 saturated carbocycles. The summed E-state index contributed by atoms with van der Waals surface area (Å²) in [4.78, 5) is 2.52. The fourth-order valence-corrected chi connectivity index (χ4v) is 8.13. The third kappa shape index (κ3) is 4.29. The summed E-state index contributed by atoms with van der Waals surface area (Å²) in [6.07, 6.45) is 10.7. The quantitative estimate of drug-likeness (QED) is 0.478. The standard InChI is InChI=1S/C31H38ClNO2/c1-31-20-27(21-5-9-24(10-6-21)35-18-17-33-15-3-2-4-16-33)30-25-12-8-23(34)19-22(25)7-11-26(30)28(31)13-14-29(31)32/h5-6,8-10,12,14,19,26-28,30,34H,2-4,7,11,13,15-18,20H2,1H3/t26-,27+,28-,30+,31-/m0/s1. The van der Waals surface area contributed by atoms with E-state index in [1.807, 2.05) is 12.1 Å². The van der Waals surface area contributed by atoms with E-state index in [4.69, 9.17) is 16.3 Å². The van der Waals surface area contributed by atoms with Crippen molar-refractivity contribution in [2.45, 2.75) is 63.7 Å². The largest absolute Gasteiger partial charge is 0.508 e. The minimum atomic E-state index is 0.0609. The Labute approximate surface area is 215 Å². The first-order chi connectivity index (χ1) is 17.0. The summed E-state index contributed by atoms with van der Waals surface area (Å²) < 4.78 is 6.13. The number of aromatic hydroxyl groups is 1. The number of piperidine rings is 1. The molecular formula is C31H38ClNO2. The van der Waals surface area contributed by atoms with E-state index in [-0.39, 0.29) is 5.41 Å². The maximum atomic E-state index is 10.1. The van der Waals surface area contributed by atoms with Crippen molar-refractivity contribution in [3.63, 3.8) is 0 Å². The van der Waals surface area contributed by atoms with Gasteiger partial charge in [0.05, 0.1) is 0 Å². The predicted molar refractivity (Wildman–Crippen MR) is 142 cm³/mol. The number of halogens is 1. The number of rotatable bonds is 5. The van der Waals surface area contributed by atoms with Gasteiger partial charge >= 0.3 is 0 Å². The van der Waals surface area contributed by atoms with E-state index in [2.05, 4.69) is 48.2 Å². The van der Waals surface area contributed by atoms with Crippen LogP contribution in [-0.2, 0) is 6.42 Å². The molecule has 0 spiro atoms. The molecule has 35 heavy (non-hydrogen) atoms. The molecule has 186 valence electrons.